The zero-order valence-corrected chi connectivity index (χ0v) is 14.2. The Labute approximate surface area is 136 Å². The van der Waals surface area contributed by atoms with Gasteiger partial charge in [-0.15, -0.1) is 21.5 Å². The van der Waals surface area contributed by atoms with Crippen molar-refractivity contribution < 1.29 is 4.42 Å². The van der Waals surface area contributed by atoms with E-state index in [0.29, 0.717) is 10.9 Å². The molecule has 0 aliphatic heterocycles. The fourth-order valence-electron chi connectivity index (χ4n) is 1.91. The van der Waals surface area contributed by atoms with Crippen molar-refractivity contribution in [3.8, 4) is 10.8 Å². The van der Waals surface area contributed by atoms with Crippen LogP contribution in [0.2, 0.25) is 0 Å². The summed E-state index contributed by atoms with van der Waals surface area (Å²) in [7, 11) is 0. The molecule has 22 heavy (non-hydrogen) atoms. The highest BCUT2D eigenvalue weighted by atomic mass is 32.2. The van der Waals surface area contributed by atoms with E-state index in [0.717, 1.165) is 22.3 Å². The average molecular weight is 335 g/mol. The second kappa shape index (κ2) is 5.77. The zero-order chi connectivity index (χ0) is 15.7. The Morgan fingerprint density at radius 3 is 2.82 bits per heavy atom. The number of thiazole rings is 1. The van der Waals surface area contributed by atoms with E-state index in [9.17, 15) is 0 Å². The molecule has 0 radical (unpaired) electrons. The highest BCUT2D eigenvalue weighted by molar-refractivity contribution is 7.98. The van der Waals surface area contributed by atoms with E-state index in [1.807, 2.05) is 17.5 Å². The molecule has 0 atom stereocenters. The first-order chi connectivity index (χ1) is 10.4. The number of nitrogens with two attached hydrogens (primary N) is 1. The quantitative estimate of drug-likeness (QED) is 0.582. The molecule has 0 bridgehead atoms. The minimum atomic E-state index is -0.131. The highest BCUT2D eigenvalue weighted by Gasteiger charge is 2.23. The maximum atomic E-state index is 6.07. The number of hydrogen-bond acceptors (Lipinski definition) is 7. The molecule has 8 heteroatoms. The third kappa shape index (κ3) is 3.02. The lowest BCUT2D eigenvalue weighted by Crippen LogP contribution is -2.24. The molecule has 3 heterocycles. The first-order valence-corrected chi connectivity index (χ1v) is 8.64. The zero-order valence-electron chi connectivity index (χ0n) is 12.6. The molecule has 3 rings (SSSR count). The molecular weight excluding hydrogens is 318 g/mol. The third-order valence-corrected chi connectivity index (χ3v) is 4.85. The van der Waals surface area contributed by atoms with Gasteiger partial charge in [-0.2, -0.15) is 0 Å². The van der Waals surface area contributed by atoms with Crippen molar-refractivity contribution in [2.24, 2.45) is 0 Å². The SMILES string of the molecule is CC(C)(C)c1nnc(SCc2csc(-c3ccco3)n2)n1N. The maximum absolute atomic E-state index is 6.07. The molecule has 0 unspecified atom stereocenters. The van der Waals surface area contributed by atoms with Gasteiger partial charge in [0.25, 0.3) is 0 Å². The number of rotatable bonds is 4. The minimum Gasteiger partial charge on any atom is -0.462 e. The van der Waals surface area contributed by atoms with E-state index >= 15 is 0 Å². The van der Waals surface area contributed by atoms with E-state index in [-0.39, 0.29) is 5.41 Å². The summed E-state index contributed by atoms with van der Waals surface area (Å²) in [6.07, 6.45) is 1.65. The van der Waals surface area contributed by atoms with Crippen LogP contribution in [0.4, 0.5) is 0 Å². The van der Waals surface area contributed by atoms with Gasteiger partial charge in [-0.1, -0.05) is 32.5 Å². The second-order valence-corrected chi connectivity index (χ2v) is 7.64. The predicted octanol–water partition coefficient (Wildman–Crippen LogP) is 3.30. The van der Waals surface area contributed by atoms with Crippen molar-refractivity contribution in [3.05, 3.63) is 35.3 Å². The van der Waals surface area contributed by atoms with Crippen LogP contribution in [0.1, 0.15) is 32.3 Å². The Kier molecular flexibility index (Phi) is 3.96. The Hall–Kier alpha value is -1.80. The molecule has 3 aromatic rings. The van der Waals surface area contributed by atoms with Gasteiger partial charge in [0.05, 0.1) is 12.0 Å². The summed E-state index contributed by atoms with van der Waals surface area (Å²) in [4.78, 5) is 4.56. The van der Waals surface area contributed by atoms with Gasteiger partial charge in [-0.25, -0.2) is 9.66 Å². The van der Waals surface area contributed by atoms with Crippen molar-refractivity contribution in [1.82, 2.24) is 19.9 Å². The highest BCUT2D eigenvalue weighted by Crippen LogP contribution is 2.28. The molecule has 0 saturated carbocycles. The monoisotopic (exact) mass is 335 g/mol. The molecule has 2 N–H and O–H groups in total. The van der Waals surface area contributed by atoms with Crippen molar-refractivity contribution in [3.63, 3.8) is 0 Å². The van der Waals surface area contributed by atoms with Gasteiger partial charge in [0.15, 0.2) is 16.6 Å². The molecule has 0 fully saturated rings. The van der Waals surface area contributed by atoms with Crippen LogP contribution < -0.4 is 5.84 Å². The standard InChI is InChI=1S/C14H17N5OS2/c1-14(2,3)12-17-18-13(19(12)15)22-8-9-7-21-11(16-9)10-5-4-6-20-10/h4-7H,8,15H2,1-3H3. The van der Waals surface area contributed by atoms with Crippen LogP contribution in [-0.2, 0) is 11.2 Å². The molecule has 0 aromatic carbocycles. The molecule has 0 spiro atoms. The van der Waals surface area contributed by atoms with Gasteiger partial charge in [-0.3, -0.25) is 0 Å². The first-order valence-electron chi connectivity index (χ1n) is 6.77. The van der Waals surface area contributed by atoms with E-state index in [4.69, 9.17) is 10.3 Å². The van der Waals surface area contributed by atoms with E-state index in [1.54, 1.807) is 22.3 Å². The van der Waals surface area contributed by atoms with Crippen molar-refractivity contribution in [1.29, 1.82) is 0 Å². The topological polar surface area (TPSA) is 82.8 Å². The van der Waals surface area contributed by atoms with Crippen LogP contribution in [0, 0.1) is 0 Å². The number of nitrogen functional groups attached to an aromatic ring is 1. The maximum Gasteiger partial charge on any atom is 0.210 e. The number of nitrogens with zero attached hydrogens (tertiary/aromatic N) is 4. The van der Waals surface area contributed by atoms with Crippen molar-refractivity contribution in [2.45, 2.75) is 37.1 Å². The third-order valence-electron chi connectivity index (χ3n) is 2.97. The molecule has 0 saturated heterocycles. The lowest BCUT2D eigenvalue weighted by Gasteiger charge is -2.16. The predicted molar refractivity (Wildman–Crippen MR) is 88.2 cm³/mol. The Balaban J connectivity index is 1.70. The van der Waals surface area contributed by atoms with Crippen LogP contribution in [0.15, 0.2) is 33.3 Å². The van der Waals surface area contributed by atoms with Gasteiger partial charge in [0.1, 0.15) is 0 Å². The lowest BCUT2D eigenvalue weighted by atomic mass is 9.96. The molecule has 6 nitrogen and oxygen atoms in total. The summed E-state index contributed by atoms with van der Waals surface area (Å²) in [5.41, 5.74) is 0.843. The molecule has 0 aliphatic rings. The van der Waals surface area contributed by atoms with Crippen LogP contribution >= 0.6 is 23.1 Å². The average Bonchev–Trinajstić information content (AvgIpc) is 3.16. The van der Waals surface area contributed by atoms with Gasteiger partial charge < -0.3 is 10.3 Å². The summed E-state index contributed by atoms with van der Waals surface area (Å²) in [5.74, 6) is 8.32. The number of aromatic nitrogens is 4. The second-order valence-electron chi connectivity index (χ2n) is 5.84. The van der Waals surface area contributed by atoms with Gasteiger partial charge >= 0.3 is 0 Å². The van der Waals surface area contributed by atoms with Crippen LogP contribution in [-0.4, -0.2) is 19.9 Å². The van der Waals surface area contributed by atoms with Crippen LogP contribution in [0.3, 0.4) is 0 Å². The number of hydrogen-bond donors (Lipinski definition) is 1. The molecule has 0 aliphatic carbocycles. The summed E-state index contributed by atoms with van der Waals surface area (Å²) in [5, 5.41) is 11.9. The smallest absolute Gasteiger partial charge is 0.210 e. The largest absolute Gasteiger partial charge is 0.462 e. The fourth-order valence-corrected chi connectivity index (χ4v) is 3.55. The van der Waals surface area contributed by atoms with E-state index < -0.39 is 0 Å². The van der Waals surface area contributed by atoms with Gasteiger partial charge in [0, 0.05) is 16.5 Å². The molecule has 0 amide bonds. The lowest BCUT2D eigenvalue weighted by molar-refractivity contribution is 0.523. The van der Waals surface area contributed by atoms with Crippen LogP contribution in [0.5, 0.6) is 0 Å². The first kappa shape index (κ1) is 15.1. The summed E-state index contributed by atoms with van der Waals surface area (Å²) in [6, 6.07) is 3.76. The molecule has 116 valence electrons. The summed E-state index contributed by atoms with van der Waals surface area (Å²) >= 11 is 3.09. The number of thioether (sulfide) groups is 1. The van der Waals surface area contributed by atoms with Crippen LogP contribution in [0.25, 0.3) is 10.8 Å². The normalized spacial score (nSPS) is 12.0. The Morgan fingerprint density at radius 1 is 1.36 bits per heavy atom. The summed E-state index contributed by atoms with van der Waals surface area (Å²) < 4.78 is 6.91. The Bertz CT molecular complexity index is 755. The Morgan fingerprint density at radius 2 is 2.18 bits per heavy atom. The molecular formula is C14H17N5OS2. The van der Waals surface area contributed by atoms with Gasteiger partial charge in [0.2, 0.25) is 5.16 Å². The minimum absolute atomic E-state index is 0.131. The summed E-state index contributed by atoms with van der Waals surface area (Å²) in [6.45, 7) is 6.18. The van der Waals surface area contributed by atoms with Crippen molar-refractivity contribution >= 4 is 23.1 Å². The van der Waals surface area contributed by atoms with E-state index in [2.05, 4.69) is 36.0 Å². The van der Waals surface area contributed by atoms with E-state index in [1.165, 1.54) is 11.8 Å². The van der Waals surface area contributed by atoms with Gasteiger partial charge in [-0.05, 0) is 12.1 Å². The fraction of sp³-hybridized carbons (Fsp3) is 0.357. The number of furan rings is 1. The van der Waals surface area contributed by atoms with Crippen molar-refractivity contribution in [2.75, 3.05) is 5.84 Å². The molecule has 3 aromatic heterocycles.